The smallest absolute Gasteiger partial charge is 0.304 e. The van der Waals surface area contributed by atoms with Gasteiger partial charge in [-0.05, 0) is 55.7 Å². The molecule has 2 amide bonds. The highest BCUT2D eigenvalue weighted by Crippen LogP contribution is 2.26. The highest BCUT2D eigenvalue weighted by molar-refractivity contribution is 7.90. The lowest BCUT2D eigenvalue weighted by molar-refractivity contribution is -0.139. The van der Waals surface area contributed by atoms with Crippen molar-refractivity contribution >= 4 is 39.3 Å². The lowest BCUT2D eigenvalue weighted by Crippen LogP contribution is -2.52. The largest absolute Gasteiger partial charge is 0.357 e. The summed E-state index contributed by atoms with van der Waals surface area (Å²) in [6, 6.07) is 11.6. The van der Waals surface area contributed by atoms with Gasteiger partial charge in [-0.15, -0.1) is 0 Å². The number of benzene rings is 2. The van der Waals surface area contributed by atoms with E-state index in [1.54, 1.807) is 44.2 Å². The van der Waals surface area contributed by atoms with E-state index in [1.165, 1.54) is 26.0 Å². The maximum absolute atomic E-state index is 13.5. The van der Waals surface area contributed by atoms with Crippen LogP contribution < -0.4 is 9.62 Å². The van der Waals surface area contributed by atoms with Crippen molar-refractivity contribution in [3.05, 3.63) is 64.2 Å². The third kappa shape index (κ3) is 6.46. The Kier molecular flexibility index (Phi) is 8.88. The molecule has 0 aliphatic rings. The van der Waals surface area contributed by atoms with Crippen LogP contribution in [-0.4, -0.2) is 63.2 Å². The fraction of sp³-hybridized carbons (Fsp3) is 0.391. The summed E-state index contributed by atoms with van der Waals surface area (Å²) in [5.41, 5.74) is 2.70. The summed E-state index contributed by atoms with van der Waals surface area (Å²) in [7, 11) is 0.316. The zero-order chi connectivity index (χ0) is 24.9. The number of hydrogen-bond acceptors (Lipinski definition) is 4. The molecule has 0 aliphatic carbocycles. The van der Waals surface area contributed by atoms with Crippen LogP contribution in [-0.2, 0) is 26.3 Å². The maximum atomic E-state index is 13.5. The predicted octanol–water partition coefficient (Wildman–Crippen LogP) is 2.73. The first-order valence-corrected chi connectivity index (χ1v) is 12.2. The van der Waals surface area contributed by atoms with Crippen molar-refractivity contribution in [2.75, 3.05) is 32.0 Å². The minimum absolute atomic E-state index is 0.0939. The standard InChI is InChI=1S/C23H31ClN4O4S/c1-16-10-11-17(2)21(12-16)28(33(31,32)26(5)6)15-22(29)27(18(3)23(30)25-4)14-19-8-7-9-20(24)13-19/h7-13,18H,14-15H2,1-6H3,(H,25,30)/t18-/m0/s1. The average molecular weight is 495 g/mol. The van der Waals surface area contributed by atoms with Gasteiger partial charge in [-0.25, -0.2) is 4.31 Å². The van der Waals surface area contributed by atoms with Gasteiger partial charge in [0.2, 0.25) is 11.8 Å². The zero-order valence-corrected chi connectivity index (χ0v) is 21.4. The van der Waals surface area contributed by atoms with Crippen molar-refractivity contribution in [3.63, 3.8) is 0 Å². The average Bonchev–Trinajstić information content (AvgIpc) is 2.76. The predicted molar refractivity (Wildman–Crippen MR) is 131 cm³/mol. The van der Waals surface area contributed by atoms with E-state index in [2.05, 4.69) is 5.32 Å². The third-order valence-electron chi connectivity index (χ3n) is 5.31. The summed E-state index contributed by atoms with van der Waals surface area (Å²) in [6.07, 6.45) is 0. The maximum Gasteiger partial charge on any atom is 0.304 e. The van der Waals surface area contributed by atoms with Crippen molar-refractivity contribution in [1.29, 1.82) is 0 Å². The summed E-state index contributed by atoms with van der Waals surface area (Å²) in [5, 5.41) is 3.05. The van der Waals surface area contributed by atoms with E-state index in [0.717, 1.165) is 19.7 Å². The van der Waals surface area contributed by atoms with Gasteiger partial charge in [0.1, 0.15) is 12.6 Å². The summed E-state index contributed by atoms with van der Waals surface area (Å²) >= 11 is 6.09. The molecular weight excluding hydrogens is 464 g/mol. The van der Waals surface area contributed by atoms with Crippen molar-refractivity contribution in [3.8, 4) is 0 Å². The second-order valence-corrected chi connectivity index (χ2v) is 10.5. The number of hydrogen-bond donors (Lipinski definition) is 1. The number of likely N-dealkylation sites (N-methyl/N-ethyl adjacent to an activating group) is 1. The van der Waals surface area contributed by atoms with Gasteiger partial charge in [-0.1, -0.05) is 35.9 Å². The van der Waals surface area contributed by atoms with Crippen LogP contribution in [0.4, 0.5) is 5.69 Å². The molecule has 0 saturated heterocycles. The highest BCUT2D eigenvalue weighted by Gasteiger charge is 2.33. The van der Waals surface area contributed by atoms with E-state index >= 15 is 0 Å². The quantitative estimate of drug-likeness (QED) is 0.580. The van der Waals surface area contributed by atoms with Crippen LogP contribution >= 0.6 is 11.6 Å². The van der Waals surface area contributed by atoms with Crippen molar-refractivity contribution in [2.24, 2.45) is 0 Å². The number of amides is 2. The van der Waals surface area contributed by atoms with Gasteiger partial charge >= 0.3 is 10.2 Å². The van der Waals surface area contributed by atoms with Gasteiger partial charge in [0, 0.05) is 32.7 Å². The van der Waals surface area contributed by atoms with Crippen molar-refractivity contribution < 1.29 is 18.0 Å². The van der Waals surface area contributed by atoms with Crippen LogP contribution in [0, 0.1) is 13.8 Å². The van der Waals surface area contributed by atoms with Crippen molar-refractivity contribution in [1.82, 2.24) is 14.5 Å². The molecule has 0 aliphatic heterocycles. The molecule has 2 aromatic carbocycles. The van der Waals surface area contributed by atoms with E-state index in [9.17, 15) is 18.0 Å². The summed E-state index contributed by atoms with van der Waals surface area (Å²) in [5.74, 6) is -0.878. The Hall–Kier alpha value is -2.62. The SMILES string of the molecule is CNC(=O)[C@H](C)N(Cc1cccc(Cl)c1)C(=O)CN(c1cc(C)ccc1C)S(=O)(=O)N(C)C. The highest BCUT2D eigenvalue weighted by atomic mass is 35.5. The van der Waals surface area contributed by atoms with Gasteiger partial charge in [-0.3, -0.25) is 9.59 Å². The number of halogens is 1. The Morgan fingerprint density at radius 3 is 2.33 bits per heavy atom. The Morgan fingerprint density at radius 2 is 1.76 bits per heavy atom. The van der Waals surface area contributed by atoms with Gasteiger partial charge in [0.15, 0.2) is 0 Å². The molecule has 0 fully saturated rings. The molecule has 0 saturated carbocycles. The molecule has 2 aromatic rings. The van der Waals surface area contributed by atoms with Crippen LogP contribution in [0.1, 0.15) is 23.6 Å². The molecule has 1 N–H and O–H groups in total. The molecule has 0 unspecified atom stereocenters. The van der Waals surface area contributed by atoms with E-state index in [4.69, 9.17) is 11.6 Å². The van der Waals surface area contributed by atoms with Gasteiger partial charge in [-0.2, -0.15) is 12.7 Å². The van der Waals surface area contributed by atoms with Gasteiger partial charge < -0.3 is 10.2 Å². The number of carbonyl (C=O) groups is 2. The minimum atomic E-state index is -3.99. The number of aryl methyl sites for hydroxylation is 2. The first-order chi connectivity index (χ1) is 15.4. The first kappa shape index (κ1) is 26.6. The van der Waals surface area contributed by atoms with Crippen LogP contribution in [0.2, 0.25) is 5.02 Å². The van der Waals surface area contributed by atoms with Gasteiger partial charge in [0.05, 0.1) is 5.69 Å². The molecule has 0 spiro atoms. The van der Waals surface area contributed by atoms with E-state index < -0.39 is 28.7 Å². The number of nitrogens with one attached hydrogen (secondary N) is 1. The zero-order valence-electron chi connectivity index (χ0n) is 19.8. The topological polar surface area (TPSA) is 90.0 Å². The van der Waals surface area contributed by atoms with Crippen molar-refractivity contribution in [2.45, 2.75) is 33.4 Å². The molecule has 0 bridgehead atoms. The second-order valence-electron chi connectivity index (χ2n) is 8.03. The number of carbonyl (C=O) groups excluding carboxylic acids is 2. The van der Waals surface area contributed by atoms with Crippen LogP contribution in [0.15, 0.2) is 42.5 Å². The molecule has 180 valence electrons. The molecule has 0 heterocycles. The molecule has 0 radical (unpaired) electrons. The lowest BCUT2D eigenvalue weighted by Gasteiger charge is -2.33. The Labute approximate surface area is 201 Å². The Balaban J connectivity index is 2.51. The minimum Gasteiger partial charge on any atom is -0.357 e. The lowest BCUT2D eigenvalue weighted by atomic mass is 10.1. The molecule has 8 nitrogen and oxygen atoms in total. The molecular formula is C23H31ClN4O4S. The normalized spacial score (nSPS) is 12.4. The molecule has 10 heteroatoms. The van der Waals surface area contributed by atoms with Crippen LogP contribution in [0.5, 0.6) is 0 Å². The fourth-order valence-electron chi connectivity index (χ4n) is 3.31. The molecule has 1 atom stereocenters. The van der Waals surface area contributed by atoms with Gasteiger partial charge in [0.25, 0.3) is 0 Å². The van der Waals surface area contributed by atoms with Crippen LogP contribution in [0.25, 0.3) is 0 Å². The van der Waals surface area contributed by atoms with E-state index in [-0.39, 0.29) is 12.5 Å². The molecule has 33 heavy (non-hydrogen) atoms. The first-order valence-electron chi connectivity index (χ1n) is 10.4. The Morgan fingerprint density at radius 1 is 1.09 bits per heavy atom. The fourth-order valence-corrected chi connectivity index (χ4v) is 4.64. The van der Waals surface area contributed by atoms with E-state index in [0.29, 0.717) is 16.3 Å². The third-order valence-corrected chi connectivity index (χ3v) is 7.35. The number of nitrogens with zero attached hydrogens (tertiary/aromatic N) is 3. The monoisotopic (exact) mass is 494 g/mol. The number of anilines is 1. The molecule has 2 rings (SSSR count). The Bertz CT molecular complexity index is 1120. The van der Waals surface area contributed by atoms with Crippen LogP contribution in [0.3, 0.4) is 0 Å². The number of rotatable bonds is 9. The summed E-state index contributed by atoms with van der Waals surface area (Å²) in [6.45, 7) is 4.87. The summed E-state index contributed by atoms with van der Waals surface area (Å²) < 4.78 is 28.5. The van der Waals surface area contributed by atoms with E-state index in [1.807, 2.05) is 19.1 Å². The molecule has 0 aromatic heterocycles. The summed E-state index contributed by atoms with van der Waals surface area (Å²) in [4.78, 5) is 27.3. The second kappa shape index (κ2) is 11.0.